The second-order valence-electron chi connectivity index (χ2n) is 22.3. The van der Waals surface area contributed by atoms with Crippen LogP contribution >= 0.6 is 0 Å². The Morgan fingerprint density at radius 2 is 0.895 bits per heavy atom. The Morgan fingerprint density at radius 1 is 0.442 bits per heavy atom. The Kier molecular flexibility index (Phi) is 25.7. The molecule has 0 saturated carbocycles. The molecule has 13 N–H and O–H groups in total. The molecule has 5 aliphatic heterocycles. The summed E-state index contributed by atoms with van der Waals surface area (Å²) in [5.41, 5.74) is 0.483. The van der Waals surface area contributed by atoms with Crippen molar-refractivity contribution < 1.29 is 166 Å². The van der Waals surface area contributed by atoms with Crippen LogP contribution in [-0.2, 0) is 95.0 Å². The minimum absolute atomic E-state index is 0.118. The molecule has 5 aliphatic rings. The Morgan fingerprint density at radius 3 is 1.39 bits per heavy atom. The van der Waals surface area contributed by atoms with Gasteiger partial charge in [0.05, 0.1) is 25.4 Å². The summed E-state index contributed by atoms with van der Waals surface area (Å²) in [6, 6.07) is 17.8. The summed E-state index contributed by atoms with van der Waals surface area (Å²) in [6.45, 7) is -3.65. The molecule has 34 nitrogen and oxygen atoms in total. The van der Waals surface area contributed by atoms with Gasteiger partial charge in [-0.25, -0.2) is 14.4 Å². The summed E-state index contributed by atoms with van der Waals surface area (Å²) >= 11 is 0. The molecule has 0 spiro atoms. The molecule has 0 aromatic heterocycles. The van der Waals surface area contributed by atoms with Gasteiger partial charge in [-0.2, -0.15) is 0 Å². The topological polar surface area (TPSA) is 504 Å². The number of rotatable bonds is 25. The van der Waals surface area contributed by atoms with E-state index >= 15 is 0 Å². The molecular weight excluding hydrogens is 1280 g/mol. The molecule has 5 heterocycles. The molecular formula is C61H74O34. The van der Waals surface area contributed by atoms with E-state index in [9.17, 15) is 95.2 Å². The van der Waals surface area contributed by atoms with Crippen molar-refractivity contribution in [2.24, 2.45) is 0 Å². The first-order chi connectivity index (χ1) is 45.2. The highest BCUT2D eigenvalue weighted by atomic mass is 16.8. The van der Waals surface area contributed by atoms with Gasteiger partial charge in [0.2, 0.25) is 5.79 Å². The fraction of sp³-hybridized carbons (Fsp3) is 0.541. The SMILES string of the molecule is CC(=O)OC[C@@H]1O[C@H](O[C@@H]2[C@@H](O[C@H]3O[C@@H](CO)[C@H](O)[C@H](O)[C@H]3O)[C@H](O[C@@]3(COC(=O)C=Cc4ccc(O)cc4)O[C@H](CO)[C@@H](O)[C@@H]3OC(=O)c3ccccc3)O[C@H](COC(C)=O)[C@H]2OC(=O)C=Cc2ccc(O)cc2)[C@@H](O)[C@H](O[C@H]2O[C@@H](CO)[C@H](O)[C@@H](O)[C@@H]2O)[C@H]1OC(C)=O. The average molecular weight is 1350 g/mol. The Labute approximate surface area is 539 Å². The van der Waals surface area contributed by atoms with E-state index in [0.717, 1.165) is 32.9 Å². The minimum atomic E-state index is -3.02. The second-order valence-corrected chi connectivity index (χ2v) is 22.3. The molecule has 3 aromatic rings. The number of carbonyl (C=O) groups excluding carboxylic acids is 6. The highest BCUT2D eigenvalue weighted by Gasteiger charge is 2.65. The Hall–Kier alpha value is -7.24. The maximum atomic E-state index is 14.4. The first-order valence-electron chi connectivity index (χ1n) is 29.5. The van der Waals surface area contributed by atoms with Gasteiger partial charge in [0.25, 0.3) is 0 Å². The zero-order valence-corrected chi connectivity index (χ0v) is 50.7. The summed E-state index contributed by atoms with van der Waals surface area (Å²) in [4.78, 5) is 80.7. The van der Waals surface area contributed by atoms with Gasteiger partial charge in [0, 0.05) is 32.9 Å². The van der Waals surface area contributed by atoms with Gasteiger partial charge in [-0.1, -0.05) is 42.5 Å². The predicted molar refractivity (Wildman–Crippen MR) is 307 cm³/mol. The van der Waals surface area contributed by atoms with E-state index in [-0.39, 0.29) is 22.6 Å². The van der Waals surface area contributed by atoms with E-state index in [4.69, 9.17) is 71.1 Å². The fourth-order valence-electron chi connectivity index (χ4n) is 10.6. The zero-order valence-electron chi connectivity index (χ0n) is 50.7. The number of benzene rings is 3. The van der Waals surface area contributed by atoms with Crippen molar-refractivity contribution in [3.8, 4) is 11.5 Å². The second kappa shape index (κ2) is 33.1. The molecule has 34 heteroatoms. The first kappa shape index (κ1) is 73.6. The maximum absolute atomic E-state index is 14.4. The third kappa shape index (κ3) is 18.3. The fourth-order valence-corrected chi connectivity index (χ4v) is 10.6. The van der Waals surface area contributed by atoms with Crippen LogP contribution in [0.5, 0.6) is 11.5 Å². The van der Waals surface area contributed by atoms with Gasteiger partial charge < -0.3 is 137 Å². The van der Waals surface area contributed by atoms with Gasteiger partial charge in [-0.3, -0.25) is 14.4 Å². The highest BCUT2D eigenvalue weighted by Crippen LogP contribution is 2.43. The molecule has 0 unspecified atom stereocenters. The van der Waals surface area contributed by atoms with Gasteiger partial charge in [-0.15, -0.1) is 0 Å². The van der Waals surface area contributed by atoms with Crippen molar-refractivity contribution in [3.63, 3.8) is 0 Å². The lowest BCUT2D eigenvalue weighted by atomic mass is 9.95. The smallest absolute Gasteiger partial charge is 0.338 e. The summed E-state index contributed by atoms with van der Waals surface area (Å²) in [6.07, 6.45) is -45.8. The number of hydrogen-bond donors (Lipinski definition) is 13. The standard InChI is InChI=1S/C61H74O34/c1-27(65)81-24-38-50(84-29(3)67)52(90-57-47(77)45(75)42(72)35(21-62)85-57)49(79)59(87-38)91-53-51(89-41(71)20-14-31-11-17-34(69)18-12-31)39(25-82-28(2)66)88-60(54(53)92-58-48(78)46(76)43(73)36(22-63)86-58)95-61(26-83-40(70)19-13-30-9-15-33(68)16-10-30)55(44(74)37(23-64)94-61)93-56(80)32-7-5-4-6-8-32/h4-20,35-39,42-55,57-60,62-64,68-69,72-79H,21-26H2,1-3H3/t35-,36-,37+,38-,39+,42-,43-,44+,45+,46-,47-,48+,49-,50-,51+,52-,53-,54+,55-,57+,58+,59+,60-,61+/m0/s1. The largest absolute Gasteiger partial charge is 0.508 e. The van der Waals surface area contributed by atoms with Gasteiger partial charge in [0.15, 0.2) is 43.5 Å². The van der Waals surface area contributed by atoms with Gasteiger partial charge in [-0.05, 0) is 59.7 Å². The van der Waals surface area contributed by atoms with E-state index in [2.05, 4.69) is 0 Å². The maximum Gasteiger partial charge on any atom is 0.338 e. The molecule has 24 atom stereocenters. The Balaban J connectivity index is 1.32. The van der Waals surface area contributed by atoms with Gasteiger partial charge >= 0.3 is 35.8 Å². The van der Waals surface area contributed by atoms with E-state index in [1.165, 1.54) is 84.9 Å². The third-order valence-corrected chi connectivity index (χ3v) is 15.5. The van der Waals surface area contributed by atoms with Crippen molar-refractivity contribution >= 4 is 48.0 Å². The predicted octanol–water partition coefficient (Wildman–Crippen LogP) is -4.41. The number of ether oxygens (including phenoxy) is 15. The van der Waals surface area contributed by atoms with E-state index < -0.39 is 222 Å². The molecule has 0 bridgehead atoms. The molecule has 8 rings (SSSR count). The number of phenols is 2. The molecule has 5 fully saturated rings. The number of aromatic hydroxyl groups is 2. The van der Waals surface area contributed by atoms with Crippen molar-refractivity contribution in [2.45, 2.75) is 168 Å². The van der Waals surface area contributed by atoms with Crippen LogP contribution in [0.25, 0.3) is 12.2 Å². The summed E-state index contributed by atoms with van der Waals surface area (Å²) in [5, 5.41) is 142. The van der Waals surface area contributed by atoms with Crippen LogP contribution in [0.1, 0.15) is 42.3 Å². The number of aliphatic hydroxyl groups excluding tert-OH is 11. The Bertz CT molecular complexity index is 3090. The molecule has 3 aromatic carbocycles. The van der Waals surface area contributed by atoms with Crippen LogP contribution < -0.4 is 0 Å². The first-order valence-corrected chi connectivity index (χ1v) is 29.5. The lowest BCUT2D eigenvalue weighted by Crippen LogP contribution is -2.70. The summed E-state index contributed by atoms with van der Waals surface area (Å²) in [7, 11) is 0. The molecule has 0 aliphatic carbocycles. The minimum Gasteiger partial charge on any atom is -0.508 e. The van der Waals surface area contributed by atoms with Crippen LogP contribution in [0.4, 0.5) is 0 Å². The normalized spacial score (nSPS) is 35.7. The number of hydrogen-bond acceptors (Lipinski definition) is 34. The van der Waals surface area contributed by atoms with Crippen molar-refractivity contribution in [1.29, 1.82) is 0 Å². The lowest BCUT2D eigenvalue weighted by molar-refractivity contribution is -0.423. The van der Waals surface area contributed by atoms with Crippen LogP contribution in [0.15, 0.2) is 91.0 Å². The molecule has 0 amide bonds. The van der Waals surface area contributed by atoms with Crippen molar-refractivity contribution in [2.75, 3.05) is 39.6 Å². The van der Waals surface area contributed by atoms with Crippen LogP contribution in [0.2, 0.25) is 0 Å². The van der Waals surface area contributed by atoms with Crippen LogP contribution in [0, 0.1) is 0 Å². The highest BCUT2D eigenvalue weighted by molar-refractivity contribution is 5.90. The summed E-state index contributed by atoms with van der Waals surface area (Å²) in [5.74, 6) is -10.2. The molecule has 5 saturated heterocycles. The van der Waals surface area contributed by atoms with Crippen molar-refractivity contribution in [3.05, 3.63) is 108 Å². The molecule has 95 heavy (non-hydrogen) atoms. The van der Waals surface area contributed by atoms with E-state index in [0.29, 0.717) is 5.56 Å². The monoisotopic (exact) mass is 1350 g/mol. The quantitative estimate of drug-likeness (QED) is 0.0216. The molecule has 522 valence electrons. The van der Waals surface area contributed by atoms with Crippen LogP contribution in [0.3, 0.4) is 0 Å². The number of carbonyl (C=O) groups is 6. The third-order valence-electron chi connectivity index (χ3n) is 15.5. The van der Waals surface area contributed by atoms with E-state index in [1.54, 1.807) is 6.07 Å². The van der Waals surface area contributed by atoms with Gasteiger partial charge in [0.1, 0.15) is 129 Å². The number of esters is 6. The summed E-state index contributed by atoms with van der Waals surface area (Å²) < 4.78 is 90.1. The van der Waals surface area contributed by atoms with Crippen molar-refractivity contribution in [1.82, 2.24) is 0 Å². The lowest BCUT2D eigenvalue weighted by Gasteiger charge is -2.51. The average Bonchev–Trinajstić information content (AvgIpc) is 1.59. The van der Waals surface area contributed by atoms with Crippen LogP contribution in [-0.4, -0.2) is 289 Å². The van der Waals surface area contributed by atoms with E-state index in [1.807, 2.05) is 0 Å². The number of phenolic OH excluding ortho intramolecular Hbond substituents is 2. The zero-order chi connectivity index (χ0) is 69.0. The number of aliphatic hydroxyl groups is 11. The molecule has 0 radical (unpaired) electrons.